The van der Waals surface area contributed by atoms with Crippen molar-refractivity contribution >= 4 is 23.2 Å². The number of anilines is 1. The van der Waals surface area contributed by atoms with Gasteiger partial charge in [0.25, 0.3) is 0 Å². The van der Waals surface area contributed by atoms with Crippen LogP contribution in [0.1, 0.15) is 129 Å². The van der Waals surface area contributed by atoms with E-state index in [0.717, 1.165) is 12.8 Å². The minimum absolute atomic E-state index is 0.0435. The molecule has 0 saturated heterocycles. The number of unbranched alkanes of at least 4 members (excludes halogenated alkanes) is 12. The highest BCUT2D eigenvalue weighted by atomic mass is 16.2. The van der Waals surface area contributed by atoms with Gasteiger partial charge in [0.1, 0.15) is 0 Å². The Kier molecular flexibility index (Phi) is 10.5. The Morgan fingerprint density at radius 1 is 0.618 bits per heavy atom. The number of carbonyl (C=O) groups is 3. The van der Waals surface area contributed by atoms with Gasteiger partial charge in [-0.25, -0.2) is 0 Å². The Bertz CT molecular complexity index is 979. The minimum atomic E-state index is -0.169. The van der Waals surface area contributed by atoms with Gasteiger partial charge in [-0.3, -0.25) is 14.4 Å². The van der Waals surface area contributed by atoms with Crippen LogP contribution in [0.3, 0.4) is 0 Å². The maximum Gasteiger partial charge on any atom is 0.224 e. The molecule has 2 aromatic carbocycles. The van der Waals surface area contributed by atoms with Crippen molar-refractivity contribution in [1.29, 1.82) is 0 Å². The van der Waals surface area contributed by atoms with Crippen LogP contribution in [0.15, 0.2) is 42.5 Å². The van der Waals surface area contributed by atoms with Gasteiger partial charge < -0.3 is 5.32 Å². The number of nitrogens with one attached hydrogen (secondary N) is 1. The van der Waals surface area contributed by atoms with Gasteiger partial charge in [-0.05, 0) is 24.6 Å². The minimum Gasteiger partial charge on any atom is -0.326 e. The largest absolute Gasteiger partial charge is 0.326 e. The highest BCUT2D eigenvalue weighted by Crippen LogP contribution is 2.29. The summed E-state index contributed by atoms with van der Waals surface area (Å²) < 4.78 is 0. The second-order valence-electron chi connectivity index (χ2n) is 9.51. The van der Waals surface area contributed by atoms with Crippen LogP contribution in [0.2, 0.25) is 0 Å². The first-order valence-corrected chi connectivity index (χ1v) is 13.2. The SMILES string of the molecule is CCCCCCCCCCCCCCCC(=O)Nc1ccc2c(c1)C(=O)c1ccccc1C2=O. The van der Waals surface area contributed by atoms with Crippen molar-refractivity contribution in [2.45, 2.75) is 96.8 Å². The van der Waals surface area contributed by atoms with Gasteiger partial charge in [0.2, 0.25) is 5.91 Å². The van der Waals surface area contributed by atoms with Crippen molar-refractivity contribution in [3.8, 4) is 0 Å². The second kappa shape index (κ2) is 13.8. The number of carbonyl (C=O) groups excluding carboxylic acids is 3. The zero-order chi connectivity index (χ0) is 24.2. The molecule has 2 aromatic rings. The molecule has 1 aliphatic carbocycles. The Morgan fingerprint density at radius 3 is 1.65 bits per heavy atom. The lowest BCUT2D eigenvalue weighted by Crippen LogP contribution is -2.21. The van der Waals surface area contributed by atoms with Crippen molar-refractivity contribution in [3.63, 3.8) is 0 Å². The van der Waals surface area contributed by atoms with Crippen molar-refractivity contribution < 1.29 is 14.4 Å². The predicted octanol–water partition coefficient (Wildman–Crippen LogP) is 7.88. The summed E-state index contributed by atoms with van der Waals surface area (Å²) in [6.07, 6.45) is 17.1. The number of amides is 1. The summed E-state index contributed by atoms with van der Waals surface area (Å²) in [4.78, 5) is 37.9. The van der Waals surface area contributed by atoms with E-state index in [0.29, 0.717) is 34.4 Å². The monoisotopic (exact) mass is 461 g/mol. The van der Waals surface area contributed by atoms with E-state index in [1.165, 1.54) is 70.6 Å². The number of fused-ring (bicyclic) bond motifs is 2. The lowest BCUT2D eigenvalue weighted by Gasteiger charge is -2.18. The van der Waals surface area contributed by atoms with Crippen LogP contribution >= 0.6 is 0 Å². The van der Waals surface area contributed by atoms with Crippen molar-refractivity contribution in [3.05, 3.63) is 64.7 Å². The summed E-state index contributed by atoms with van der Waals surface area (Å²) in [6.45, 7) is 2.26. The normalized spacial score (nSPS) is 12.4. The molecule has 182 valence electrons. The molecular weight excluding hydrogens is 422 g/mol. The molecule has 34 heavy (non-hydrogen) atoms. The predicted molar refractivity (Wildman–Crippen MR) is 139 cm³/mol. The molecule has 4 nitrogen and oxygen atoms in total. The molecule has 0 fully saturated rings. The third-order valence-corrected chi connectivity index (χ3v) is 6.72. The second-order valence-corrected chi connectivity index (χ2v) is 9.51. The topological polar surface area (TPSA) is 63.2 Å². The molecule has 0 aliphatic heterocycles. The molecule has 0 spiro atoms. The summed E-state index contributed by atoms with van der Waals surface area (Å²) in [5.74, 6) is -0.356. The van der Waals surface area contributed by atoms with Crippen LogP contribution in [0.25, 0.3) is 0 Å². The molecule has 0 bridgehead atoms. The Morgan fingerprint density at radius 2 is 1.09 bits per heavy atom. The van der Waals surface area contributed by atoms with Crippen molar-refractivity contribution in [2.75, 3.05) is 5.32 Å². The van der Waals surface area contributed by atoms with Crippen molar-refractivity contribution in [1.82, 2.24) is 0 Å². The quantitative estimate of drug-likeness (QED) is 0.234. The molecule has 4 heteroatoms. The van der Waals surface area contributed by atoms with Gasteiger partial charge >= 0.3 is 0 Å². The van der Waals surface area contributed by atoms with Crippen LogP contribution in [-0.2, 0) is 4.79 Å². The van der Waals surface area contributed by atoms with E-state index in [9.17, 15) is 14.4 Å². The van der Waals surface area contributed by atoms with Crippen LogP contribution in [0.4, 0.5) is 5.69 Å². The average molecular weight is 462 g/mol. The summed E-state index contributed by atoms with van der Waals surface area (Å²) >= 11 is 0. The summed E-state index contributed by atoms with van der Waals surface area (Å²) in [6, 6.07) is 11.9. The fraction of sp³-hybridized carbons (Fsp3) is 0.500. The molecule has 1 aliphatic rings. The standard InChI is InChI=1S/C30H39NO3/c1-2-3-4-5-6-7-8-9-10-11-12-13-14-19-28(32)31-23-20-21-26-27(22-23)30(34)25-18-16-15-17-24(25)29(26)33/h15-18,20-22H,2-14,19H2,1H3,(H,31,32). The van der Waals surface area contributed by atoms with Gasteiger partial charge in [-0.15, -0.1) is 0 Å². The van der Waals surface area contributed by atoms with Gasteiger partial charge in [0.15, 0.2) is 11.6 Å². The molecule has 0 atom stereocenters. The fourth-order valence-electron chi connectivity index (χ4n) is 4.70. The number of hydrogen-bond donors (Lipinski definition) is 1. The lowest BCUT2D eigenvalue weighted by molar-refractivity contribution is -0.116. The Balaban J connectivity index is 1.31. The van der Waals surface area contributed by atoms with E-state index < -0.39 is 0 Å². The molecule has 1 N–H and O–H groups in total. The molecule has 0 saturated carbocycles. The zero-order valence-electron chi connectivity index (χ0n) is 20.7. The number of rotatable bonds is 15. The zero-order valence-corrected chi connectivity index (χ0v) is 20.7. The van der Waals surface area contributed by atoms with Gasteiger partial charge in [-0.1, -0.05) is 108 Å². The van der Waals surface area contributed by atoms with Crippen LogP contribution < -0.4 is 5.32 Å². The number of ketones is 2. The van der Waals surface area contributed by atoms with Gasteiger partial charge in [0, 0.05) is 34.4 Å². The van der Waals surface area contributed by atoms with Crippen LogP contribution in [0.5, 0.6) is 0 Å². The number of hydrogen-bond acceptors (Lipinski definition) is 3. The highest BCUT2D eigenvalue weighted by molar-refractivity contribution is 6.28. The van der Waals surface area contributed by atoms with E-state index in [-0.39, 0.29) is 17.5 Å². The molecule has 3 rings (SSSR count). The summed E-state index contributed by atoms with van der Waals surface area (Å²) in [5, 5.41) is 2.89. The summed E-state index contributed by atoms with van der Waals surface area (Å²) in [5.41, 5.74) is 2.20. The molecule has 0 heterocycles. The molecule has 0 radical (unpaired) electrons. The van der Waals surface area contributed by atoms with Gasteiger partial charge in [0.05, 0.1) is 0 Å². The molecule has 0 unspecified atom stereocenters. The average Bonchev–Trinajstić information content (AvgIpc) is 2.85. The fourth-order valence-corrected chi connectivity index (χ4v) is 4.70. The van der Waals surface area contributed by atoms with E-state index in [2.05, 4.69) is 12.2 Å². The molecular formula is C30H39NO3. The Labute approximate surface area is 204 Å². The summed E-state index contributed by atoms with van der Waals surface area (Å²) in [7, 11) is 0. The smallest absolute Gasteiger partial charge is 0.224 e. The first kappa shape index (κ1) is 25.9. The number of benzene rings is 2. The van der Waals surface area contributed by atoms with E-state index >= 15 is 0 Å². The third kappa shape index (κ3) is 7.38. The molecule has 1 amide bonds. The highest BCUT2D eigenvalue weighted by Gasteiger charge is 2.29. The first-order valence-electron chi connectivity index (χ1n) is 13.2. The molecule has 0 aromatic heterocycles. The van der Waals surface area contributed by atoms with E-state index in [1.807, 2.05) is 0 Å². The maximum atomic E-state index is 12.8. The van der Waals surface area contributed by atoms with Crippen LogP contribution in [0, 0.1) is 0 Å². The van der Waals surface area contributed by atoms with E-state index in [1.54, 1.807) is 42.5 Å². The maximum absolute atomic E-state index is 12.8. The lowest BCUT2D eigenvalue weighted by atomic mass is 9.84. The van der Waals surface area contributed by atoms with Crippen LogP contribution in [-0.4, -0.2) is 17.5 Å². The first-order chi connectivity index (χ1) is 16.6. The Hall–Kier alpha value is -2.75. The third-order valence-electron chi connectivity index (χ3n) is 6.72. The van der Waals surface area contributed by atoms with Crippen molar-refractivity contribution in [2.24, 2.45) is 0 Å². The van der Waals surface area contributed by atoms with Gasteiger partial charge in [-0.2, -0.15) is 0 Å². The van der Waals surface area contributed by atoms with E-state index in [4.69, 9.17) is 0 Å².